The third kappa shape index (κ3) is 1.99. The smallest absolute Gasteiger partial charge is 0.145 e. The normalized spacial score (nSPS) is 10.6. The zero-order valence-corrected chi connectivity index (χ0v) is 8.02. The van der Waals surface area contributed by atoms with Crippen LogP contribution in [0.1, 0.15) is 25.3 Å². The molecule has 0 spiro atoms. The summed E-state index contributed by atoms with van der Waals surface area (Å²) in [6.07, 6.45) is 1.24. The molecule has 3 heteroatoms. The Kier molecular flexibility index (Phi) is 2.60. The van der Waals surface area contributed by atoms with E-state index in [0.717, 1.165) is 0 Å². The Balaban J connectivity index is 3.13. The van der Waals surface area contributed by atoms with E-state index in [9.17, 15) is 4.39 Å². The van der Waals surface area contributed by atoms with E-state index in [2.05, 4.69) is 20.9 Å². The van der Waals surface area contributed by atoms with Crippen molar-refractivity contribution in [3.63, 3.8) is 0 Å². The summed E-state index contributed by atoms with van der Waals surface area (Å²) in [6.45, 7) is 3.90. The molecular formula is C8H9BrFN. The van der Waals surface area contributed by atoms with Gasteiger partial charge in [-0.1, -0.05) is 13.8 Å². The molecule has 0 bridgehead atoms. The molecule has 0 N–H and O–H groups in total. The highest BCUT2D eigenvalue weighted by molar-refractivity contribution is 9.10. The highest BCUT2D eigenvalue weighted by atomic mass is 79.9. The number of hydrogen-bond acceptors (Lipinski definition) is 1. The van der Waals surface area contributed by atoms with Crippen LogP contribution < -0.4 is 0 Å². The van der Waals surface area contributed by atoms with Gasteiger partial charge < -0.3 is 0 Å². The molecule has 0 atom stereocenters. The van der Waals surface area contributed by atoms with E-state index in [4.69, 9.17) is 0 Å². The van der Waals surface area contributed by atoms with Gasteiger partial charge >= 0.3 is 0 Å². The van der Waals surface area contributed by atoms with Gasteiger partial charge in [-0.3, -0.25) is 0 Å². The zero-order chi connectivity index (χ0) is 8.43. The summed E-state index contributed by atoms with van der Waals surface area (Å²) in [5.74, 6) is -0.0301. The number of pyridine rings is 1. The van der Waals surface area contributed by atoms with Crippen LogP contribution in [-0.2, 0) is 0 Å². The maximum Gasteiger partial charge on any atom is 0.145 e. The van der Waals surface area contributed by atoms with Crippen LogP contribution in [0, 0.1) is 5.82 Å². The maximum absolute atomic E-state index is 12.9. The van der Waals surface area contributed by atoms with Crippen molar-refractivity contribution in [2.24, 2.45) is 0 Å². The molecule has 0 aliphatic carbocycles. The average Bonchev–Trinajstić information content (AvgIpc) is 1.94. The highest BCUT2D eigenvalue weighted by Crippen LogP contribution is 2.20. The summed E-state index contributed by atoms with van der Waals surface area (Å²) in [5, 5.41) is 0. The van der Waals surface area contributed by atoms with E-state index in [0.29, 0.717) is 10.2 Å². The minimum absolute atomic E-state index is 0.203. The molecule has 60 valence electrons. The van der Waals surface area contributed by atoms with Gasteiger partial charge in [-0.2, -0.15) is 0 Å². The Hall–Kier alpha value is -0.440. The number of halogens is 2. The van der Waals surface area contributed by atoms with Crippen LogP contribution in [0.2, 0.25) is 0 Å². The van der Waals surface area contributed by atoms with Crippen molar-refractivity contribution in [3.8, 4) is 0 Å². The third-order valence-corrected chi connectivity index (χ3v) is 1.91. The van der Waals surface area contributed by atoms with Gasteiger partial charge in [0.25, 0.3) is 0 Å². The molecule has 1 aromatic rings. The molecular weight excluding hydrogens is 209 g/mol. The summed E-state index contributed by atoms with van der Waals surface area (Å²) in [6, 6.07) is 1.71. The Morgan fingerprint density at radius 1 is 1.55 bits per heavy atom. The average molecular weight is 218 g/mol. The minimum Gasteiger partial charge on any atom is -0.246 e. The molecule has 0 aliphatic rings. The van der Waals surface area contributed by atoms with E-state index >= 15 is 0 Å². The SMILES string of the molecule is CC(C)c1cc(Br)ncc1F. The molecule has 1 aromatic heterocycles. The van der Waals surface area contributed by atoms with Gasteiger partial charge in [-0.05, 0) is 33.5 Å². The van der Waals surface area contributed by atoms with E-state index in [1.807, 2.05) is 13.8 Å². The first-order valence-corrected chi connectivity index (χ1v) is 4.21. The molecule has 0 radical (unpaired) electrons. The van der Waals surface area contributed by atoms with Crippen molar-refractivity contribution in [3.05, 3.63) is 28.2 Å². The van der Waals surface area contributed by atoms with E-state index in [1.54, 1.807) is 6.07 Å². The van der Waals surface area contributed by atoms with Crippen molar-refractivity contribution in [2.45, 2.75) is 19.8 Å². The lowest BCUT2D eigenvalue weighted by molar-refractivity contribution is 0.591. The van der Waals surface area contributed by atoms with Gasteiger partial charge in [0.15, 0.2) is 0 Å². The van der Waals surface area contributed by atoms with Crippen LogP contribution in [0.3, 0.4) is 0 Å². The number of hydrogen-bond donors (Lipinski definition) is 0. The predicted molar refractivity (Wildman–Crippen MR) is 46.0 cm³/mol. The summed E-state index contributed by atoms with van der Waals surface area (Å²) < 4.78 is 13.6. The quantitative estimate of drug-likeness (QED) is 0.660. The maximum atomic E-state index is 12.9. The largest absolute Gasteiger partial charge is 0.246 e. The van der Waals surface area contributed by atoms with Crippen molar-refractivity contribution in [1.29, 1.82) is 0 Å². The van der Waals surface area contributed by atoms with Gasteiger partial charge in [0.1, 0.15) is 10.4 Å². The Morgan fingerprint density at radius 2 is 2.18 bits per heavy atom. The van der Waals surface area contributed by atoms with Crippen LogP contribution in [0.5, 0.6) is 0 Å². The van der Waals surface area contributed by atoms with Crippen LogP contribution in [0.25, 0.3) is 0 Å². The molecule has 1 rings (SSSR count). The number of nitrogens with zero attached hydrogens (tertiary/aromatic N) is 1. The molecule has 0 aromatic carbocycles. The number of rotatable bonds is 1. The first kappa shape index (κ1) is 8.65. The molecule has 1 nitrogen and oxygen atoms in total. The molecule has 0 fully saturated rings. The summed E-state index contributed by atoms with van der Waals surface area (Å²) in [4.78, 5) is 3.76. The number of aromatic nitrogens is 1. The van der Waals surface area contributed by atoms with Crippen LogP contribution in [-0.4, -0.2) is 4.98 Å². The van der Waals surface area contributed by atoms with Crippen molar-refractivity contribution in [1.82, 2.24) is 4.98 Å². The second kappa shape index (κ2) is 3.30. The van der Waals surface area contributed by atoms with Crippen LogP contribution >= 0.6 is 15.9 Å². The zero-order valence-electron chi connectivity index (χ0n) is 6.44. The standard InChI is InChI=1S/C8H9BrFN/c1-5(2)6-3-8(9)11-4-7(6)10/h3-5H,1-2H3. The van der Waals surface area contributed by atoms with Crippen LogP contribution in [0.15, 0.2) is 16.9 Å². The minimum atomic E-state index is -0.233. The third-order valence-electron chi connectivity index (χ3n) is 1.47. The van der Waals surface area contributed by atoms with Gasteiger partial charge in [-0.25, -0.2) is 9.37 Å². The van der Waals surface area contributed by atoms with Crippen molar-refractivity contribution < 1.29 is 4.39 Å². The van der Waals surface area contributed by atoms with Crippen molar-refractivity contribution in [2.75, 3.05) is 0 Å². The van der Waals surface area contributed by atoms with Gasteiger partial charge in [0.05, 0.1) is 6.20 Å². The van der Waals surface area contributed by atoms with E-state index in [-0.39, 0.29) is 11.7 Å². The van der Waals surface area contributed by atoms with E-state index < -0.39 is 0 Å². The van der Waals surface area contributed by atoms with Gasteiger partial charge in [0.2, 0.25) is 0 Å². The van der Waals surface area contributed by atoms with Gasteiger partial charge in [-0.15, -0.1) is 0 Å². The first-order chi connectivity index (χ1) is 5.11. The van der Waals surface area contributed by atoms with Gasteiger partial charge in [0, 0.05) is 0 Å². The highest BCUT2D eigenvalue weighted by Gasteiger charge is 2.06. The lowest BCUT2D eigenvalue weighted by Crippen LogP contribution is -1.93. The Bertz CT molecular complexity index is 260. The molecule has 0 saturated carbocycles. The fraction of sp³-hybridized carbons (Fsp3) is 0.375. The molecule has 11 heavy (non-hydrogen) atoms. The summed E-state index contributed by atoms with van der Waals surface area (Å²) >= 11 is 3.19. The summed E-state index contributed by atoms with van der Waals surface area (Å²) in [5.41, 5.74) is 0.701. The second-order valence-corrected chi connectivity index (χ2v) is 3.50. The van der Waals surface area contributed by atoms with E-state index in [1.165, 1.54) is 6.20 Å². The Morgan fingerprint density at radius 3 is 2.64 bits per heavy atom. The fourth-order valence-corrected chi connectivity index (χ4v) is 1.22. The molecule has 1 heterocycles. The molecule has 0 amide bonds. The monoisotopic (exact) mass is 217 g/mol. The molecule has 0 saturated heterocycles. The first-order valence-electron chi connectivity index (χ1n) is 3.42. The molecule has 0 unspecified atom stereocenters. The molecule has 0 aliphatic heterocycles. The van der Waals surface area contributed by atoms with Crippen molar-refractivity contribution >= 4 is 15.9 Å². The topological polar surface area (TPSA) is 12.9 Å². The fourth-order valence-electron chi connectivity index (χ4n) is 0.870. The van der Waals surface area contributed by atoms with Crippen LogP contribution in [0.4, 0.5) is 4.39 Å². The lowest BCUT2D eigenvalue weighted by atomic mass is 10.1. The second-order valence-electron chi connectivity index (χ2n) is 2.68. The Labute approximate surface area is 73.8 Å². The predicted octanol–water partition coefficient (Wildman–Crippen LogP) is 3.11. The summed E-state index contributed by atoms with van der Waals surface area (Å²) in [7, 11) is 0. The lowest BCUT2D eigenvalue weighted by Gasteiger charge is -2.05.